The predicted molar refractivity (Wildman–Crippen MR) is 112 cm³/mol. The SMILES string of the molecule is CCOc1ccccc1NC(=O)c1cncc(C(=O)NCCc2ccccc2)c1. The zero-order valence-electron chi connectivity index (χ0n) is 16.2. The molecule has 148 valence electrons. The van der Waals surface area contributed by atoms with Crippen LogP contribution in [0.25, 0.3) is 0 Å². The fraction of sp³-hybridized carbons (Fsp3) is 0.174. The molecular weight excluding hydrogens is 366 g/mol. The maximum atomic E-state index is 12.6. The topological polar surface area (TPSA) is 80.3 Å². The van der Waals surface area contributed by atoms with Gasteiger partial charge in [0.25, 0.3) is 11.8 Å². The van der Waals surface area contributed by atoms with Crippen molar-refractivity contribution < 1.29 is 14.3 Å². The number of hydrogen-bond acceptors (Lipinski definition) is 4. The number of benzene rings is 2. The van der Waals surface area contributed by atoms with Gasteiger partial charge in [-0.2, -0.15) is 0 Å². The molecule has 6 nitrogen and oxygen atoms in total. The number of aromatic nitrogens is 1. The zero-order chi connectivity index (χ0) is 20.5. The molecule has 29 heavy (non-hydrogen) atoms. The Morgan fingerprint density at radius 2 is 1.62 bits per heavy atom. The smallest absolute Gasteiger partial charge is 0.257 e. The number of para-hydroxylation sites is 2. The summed E-state index contributed by atoms with van der Waals surface area (Å²) in [7, 11) is 0. The van der Waals surface area contributed by atoms with Gasteiger partial charge in [-0.3, -0.25) is 14.6 Å². The molecule has 0 atom stereocenters. The largest absolute Gasteiger partial charge is 0.492 e. The lowest BCUT2D eigenvalue weighted by Gasteiger charge is -2.11. The normalized spacial score (nSPS) is 10.2. The van der Waals surface area contributed by atoms with Gasteiger partial charge in [-0.25, -0.2) is 0 Å². The Kier molecular flexibility index (Phi) is 6.95. The Morgan fingerprint density at radius 3 is 2.38 bits per heavy atom. The standard InChI is InChI=1S/C23H23N3O3/c1-2-29-21-11-7-6-10-20(21)26-23(28)19-14-18(15-24-16-19)22(27)25-13-12-17-8-4-3-5-9-17/h3-11,14-16H,2,12-13H2,1H3,(H,25,27)(H,26,28). The maximum Gasteiger partial charge on any atom is 0.257 e. The first-order valence-corrected chi connectivity index (χ1v) is 9.47. The predicted octanol–water partition coefficient (Wildman–Crippen LogP) is 3.71. The van der Waals surface area contributed by atoms with Crippen LogP contribution in [0.4, 0.5) is 5.69 Å². The van der Waals surface area contributed by atoms with Crippen molar-refractivity contribution in [2.24, 2.45) is 0 Å². The minimum absolute atomic E-state index is 0.266. The van der Waals surface area contributed by atoms with Gasteiger partial charge in [-0.15, -0.1) is 0 Å². The summed E-state index contributed by atoms with van der Waals surface area (Å²) in [5, 5.41) is 5.67. The van der Waals surface area contributed by atoms with E-state index in [2.05, 4.69) is 15.6 Å². The number of carbonyl (C=O) groups is 2. The monoisotopic (exact) mass is 389 g/mol. The second-order valence-electron chi connectivity index (χ2n) is 6.34. The number of anilines is 1. The number of hydrogen-bond donors (Lipinski definition) is 2. The Bertz CT molecular complexity index is 974. The molecular formula is C23H23N3O3. The Morgan fingerprint density at radius 1 is 0.931 bits per heavy atom. The highest BCUT2D eigenvalue weighted by atomic mass is 16.5. The molecule has 0 spiro atoms. The lowest BCUT2D eigenvalue weighted by molar-refractivity contribution is 0.0953. The molecule has 2 amide bonds. The van der Waals surface area contributed by atoms with Crippen LogP contribution in [0.2, 0.25) is 0 Å². The van der Waals surface area contributed by atoms with Crippen molar-refractivity contribution in [3.63, 3.8) is 0 Å². The Hall–Kier alpha value is -3.67. The van der Waals surface area contributed by atoms with Gasteiger partial charge in [0, 0.05) is 18.9 Å². The Balaban J connectivity index is 1.62. The zero-order valence-corrected chi connectivity index (χ0v) is 16.2. The van der Waals surface area contributed by atoms with Crippen molar-refractivity contribution in [3.8, 4) is 5.75 Å². The third-order valence-corrected chi connectivity index (χ3v) is 4.24. The third kappa shape index (κ3) is 5.65. The molecule has 2 N–H and O–H groups in total. The quantitative estimate of drug-likeness (QED) is 0.616. The number of rotatable bonds is 8. The summed E-state index contributed by atoms with van der Waals surface area (Å²) in [5.41, 5.74) is 2.35. The van der Waals surface area contributed by atoms with Crippen molar-refractivity contribution in [1.82, 2.24) is 10.3 Å². The fourth-order valence-electron chi connectivity index (χ4n) is 2.80. The molecule has 0 fully saturated rings. The molecule has 0 aliphatic rings. The molecule has 0 aliphatic heterocycles. The summed E-state index contributed by atoms with van der Waals surface area (Å²) in [5.74, 6) is -0.0347. The first kappa shape index (κ1) is 20.1. The molecule has 2 aromatic carbocycles. The van der Waals surface area contributed by atoms with E-state index in [1.54, 1.807) is 12.1 Å². The molecule has 3 aromatic rings. The van der Waals surface area contributed by atoms with Crippen molar-refractivity contribution in [3.05, 3.63) is 89.7 Å². The molecule has 0 radical (unpaired) electrons. The summed E-state index contributed by atoms with van der Waals surface area (Å²) in [6, 6.07) is 18.6. The van der Waals surface area contributed by atoms with E-state index in [-0.39, 0.29) is 11.8 Å². The van der Waals surface area contributed by atoms with E-state index in [0.29, 0.717) is 35.7 Å². The molecule has 3 rings (SSSR count). The van der Waals surface area contributed by atoms with Crippen molar-refractivity contribution in [2.75, 3.05) is 18.5 Å². The highest BCUT2D eigenvalue weighted by molar-refractivity contribution is 6.06. The van der Waals surface area contributed by atoms with Crippen LogP contribution < -0.4 is 15.4 Å². The minimum Gasteiger partial charge on any atom is -0.492 e. The van der Waals surface area contributed by atoms with E-state index in [1.807, 2.05) is 49.4 Å². The molecule has 0 unspecified atom stereocenters. The van der Waals surface area contributed by atoms with E-state index in [9.17, 15) is 9.59 Å². The first-order valence-electron chi connectivity index (χ1n) is 9.47. The average Bonchev–Trinajstić information content (AvgIpc) is 2.76. The van der Waals surface area contributed by atoms with E-state index in [4.69, 9.17) is 4.74 Å². The van der Waals surface area contributed by atoms with Gasteiger partial charge in [0.15, 0.2) is 0 Å². The van der Waals surface area contributed by atoms with E-state index < -0.39 is 0 Å². The molecule has 1 heterocycles. The van der Waals surface area contributed by atoms with Crippen LogP contribution in [-0.4, -0.2) is 29.9 Å². The molecule has 0 saturated carbocycles. The van der Waals surface area contributed by atoms with Gasteiger partial charge < -0.3 is 15.4 Å². The highest BCUT2D eigenvalue weighted by Crippen LogP contribution is 2.24. The van der Waals surface area contributed by atoms with E-state index in [0.717, 1.165) is 12.0 Å². The number of ether oxygens (including phenoxy) is 1. The van der Waals surface area contributed by atoms with Crippen LogP contribution in [0, 0.1) is 0 Å². The van der Waals surface area contributed by atoms with Gasteiger partial charge in [0.1, 0.15) is 5.75 Å². The van der Waals surface area contributed by atoms with Crippen LogP contribution in [0.5, 0.6) is 5.75 Å². The van der Waals surface area contributed by atoms with Crippen LogP contribution in [0.15, 0.2) is 73.1 Å². The summed E-state index contributed by atoms with van der Waals surface area (Å²) >= 11 is 0. The lowest BCUT2D eigenvalue weighted by atomic mass is 10.1. The van der Waals surface area contributed by atoms with Gasteiger partial charge >= 0.3 is 0 Å². The molecule has 1 aromatic heterocycles. The van der Waals surface area contributed by atoms with E-state index >= 15 is 0 Å². The van der Waals surface area contributed by atoms with Gasteiger partial charge in [-0.05, 0) is 37.1 Å². The first-order chi connectivity index (χ1) is 14.2. The summed E-state index contributed by atoms with van der Waals surface area (Å²) in [6.07, 6.45) is 3.61. The molecule has 0 saturated heterocycles. The number of amides is 2. The van der Waals surface area contributed by atoms with Crippen molar-refractivity contribution >= 4 is 17.5 Å². The second-order valence-corrected chi connectivity index (χ2v) is 6.34. The number of carbonyl (C=O) groups excluding carboxylic acids is 2. The number of nitrogens with zero attached hydrogens (tertiary/aromatic N) is 1. The molecule has 0 aliphatic carbocycles. The lowest BCUT2D eigenvalue weighted by Crippen LogP contribution is -2.26. The summed E-state index contributed by atoms with van der Waals surface area (Å²) in [4.78, 5) is 29.1. The van der Waals surface area contributed by atoms with Crippen molar-refractivity contribution in [1.29, 1.82) is 0 Å². The number of nitrogens with one attached hydrogen (secondary N) is 2. The second kappa shape index (κ2) is 10.0. The van der Waals surface area contributed by atoms with Crippen molar-refractivity contribution in [2.45, 2.75) is 13.3 Å². The minimum atomic E-state index is -0.358. The fourth-order valence-corrected chi connectivity index (χ4v) is 2.80. The average molecular weight is 389 g/mol. The van der Waals surface area contributed by atoms with E-state index in [1.165, 1.54) is 18.5 Å². The summed E-state index contributed by atoms with van der Waals surface area (Å²) in [6.45, 7) is 2.87. The van der Waals surface area contributed by atoms with Gasteiger partial charge in [0.05, 0.1) is 23.4 Å². The highest BCUT2D eigenvalue weighted by Gasteiger charge is 2.13. The Labute approximate surface area is 169 Å². The molecule has 0 bridgehead atoms. The molecule has 6 heteroatoms. The van der Waals surface area contributed by atoms with Crippen LogP contribution in [0.1, 0.15) is 33.2 Å². The maximum absolute atomic E-state index is 12.6. The summed E-state index contributed by atoms with van der Waals surface area (Å²) < 4.78 is 5.52. The van der Waals surface area contributed by atoms with Gasteiger partial charge in [0.2, 0.25) is 0 Å². The third-order valence-electron chi connectivity index (χ3n) is 4.24. The van der Waals surface area contributed by atoms with Crippen LogP contribution >= 0.6 is 0 Å². The number of pyridine rings is 1. The van der Waals surface area contributed by atoms with Gasteiger partial charge in [-0.1, -0.05) is 42.5 Å². The van der Waals surface area contributed by atoms with Crippen LogP contribution in [0.3, 0.4) is 0 Å². The van der Waals surface area contributed by atoms with Crippen LogP contribution in [-0.2, 0) is 6.42 Å².